The lowest BCUT2D eigenvalue weighted by Crippen LogP contribution is -2.58. The number of carbonyl (C=O) groups is 1. The van der Waals surface area contributed by atoms with E-state index in [1.165, 1.54) is 19.1 Å². The van der Waals surface area contributed by atoms with E-state index in [2.05, 4.69) is 20.4 Å². The average molecular weight is 436 g/mol. The van der Waals surface area contributed by atoms with Crippen LogP contribution in [0.1, 0.15) is 31.9 Å². The molecule has 0 saturated heterocycles. The molecule has 2 aliphatic heterocycles. The van der Waals surface area contributed by atoms with Crippen LogP contribution in [0.3, 0.4) is 0 Å². The molecule has 0 radical (unpaired) electrons. The monoisotopic (exact) mass is 436 g/mol. The highest BCUT2D eigenvalue weighted by molar-refractivity contribution is 5.90. The molecule has 2 heterocycles. The molecule has 2 aromatic rings. The summed E-state index contributed by atoms with van der Waals surface area (Å²) in [6, 6.07) is 8.42. The van der Waals surface area contributed by atoms with Crippen LogP contribution in [-0.2, 0) is 10.2 Å². The zero-order valence-electron chi connectivity index (χ0n) is 18.6. The average Bonchev–Trinajstić information content (AvgIpc) is 2.91. The highest BCUT2D eigenvalue weighted by Gasteiger charge is 2.58. The number of benzene rings is 2. The summed E-state index contributed by atoms with van der Waals surface area (Å²) in [7, 11) is 3.53. The molecule has 0 amide bonds. The van der Waals surface area contributed by atoms with Crippen molar-refractivity contribution in [1.82, 2.24) is 0 Å². The third-order valence-corrected chi connectivity index (χ3v) is 6.21. The third-order valence-electron chi connectivity index (χ3n) is 6.21. The Bertz CT molecular complexity index is 1200. The Kier molecular flexibility index (Phi) is 4.76. The van der Waals surface area contributed by atoms with Crippen molar-refractivity contribution in [1.29, 1.82) is 0 Å². The lowest BCUT2D eigenvalue weighted by atomic mass is 9.76. The number of non-ortho nitro benzene ring substituents is 1. The summed E-state index contributed by atoms with van der Waals surface area (Å²) in [5.74, 6) is 0.275. The molecule has 8 nitrogen and oxygen atoms in total. The van der Waals surface area contributed by atoms with Crippen molar-refractivity contribution in [2.24, 2.45) is 0 Å². The number of rotatable bonds is 4. The Balaban J connectivity index is 1.87. The number of hydrogen-bond acceptors (Lipinski definition) is 7. The predicted molar refractivity (Wildman–Crippen MR) is 120 cm³/mol. The molecule has 2 aliphatic rings. The SMILES string of the molecule is C=C(C)C(=O)Oc1cc([N+](=O)[O-])cc2c1OC1(C=C2)N(C)c2ccc(OC)cc2C1(C)C. The van der Waals surface area contributed by atoms with Crippen molar-refractivity contribution in [3.8, 4) is 17.2 Å². The zero-order valence-corrected chi connectivity index (χ0v) is 18.6. The van der Waals surface area contributed by atoms with Crippen LogP contribution >= 0.6 is 0 Å². The van der Waals surface area contributed by atoms with Crippen molar-refractivity contribution in [3.63, 3.8) is 0 Å². The quantitative estimate of drug-likeness (QED) is 0.227. The summed E-state index contributed by atoms with van der Waals surface area (Å²) in [6.07, 6.45) is 3.65. The van der Waals surface area contributed by atoms with E-state index in [0.717, 1.165) is 17.0 Å². The van der Waals surface area contributed by atoms with Gasteiger partial charge in [-0.05, 0) is 56.7 Å². The first-order valence-corrected chi connectivity index (χ1v) is 10.0. The van der Waals surface area contributed by atoms with E-state index in [-0.39, 0.29) is 22.8 Å². The molecule has 0 fully saturated rings. The van der Waals surface area contributed by atoms with E-state index in [1.807, 2.05) is 36.2 Å². The Morgan fingerprint density at radius 2 is 1.97 bits per heavy atom. The molecule has 0 saturated carbocycles. The van der Waals surface area contributed by atoms with Gasteiger partial charge < -0.3 is 19.1 Å². The van der Waals surface area contributed by atoms with Crippen molar-refractivity contribution >= 4 is 23.4 Å². The van der Waals surface area contributed by atoms with Crippen LogP contribution in [0.25, 0.3) is 6.08 Å². The predicted octanol–water partition coefficient (Wildman–Crippen LogP) is 4.61. The molecule has 0 bridgehead atoms. The summed E-state index contributed by atoms with van der Waals surface area (Å²) in [6.45, 7) is 9.19. The molecular weight excluding hydrogens is 412 g/mol. The first-order valence-electron chi connectivity index (χ1n) is 10.0. The molecule has 1 spiro atoms. The van der Waals surface area contributed by atoms with Crippen LogP contribution < -0.4 is 19.1 Å². The standard InChI is InChI=1S/C24H24N2O6/c1-14(2)22(27)31-20-12-16(26(28)29)11-15-9-10-24(32-21(15)20)23(3,4)18-13-17(30-6)7-8-19(18)25(24)5/h7-13H,1H2,2-6H3. The highest BCUT2D eigenvalue weighted by atomic mass is 16.6. The number of fused-ring (bicyclic) bond motifs is 2. The molecular formula is C24H24N2O6. The normalized spacial score (nSPS) is 19.7. The Hall–Kier alpha value is -3.81. The number of nitro benzene ring substituents is 1. The molecule has 2 aromatic carbocycles. The summed E-state index contributed by atoms with van der Waals surface area (Å²) < 4.78 is 17.4. The van der Waals surface area contributed by atoms with E-state index in [0.29, 0.717) is 5.56 Å². The fraction of sp³-hybridized carbons (Fsp3) is 0.292. The highest BCUT2D eigenvalue weighted by Crippen LogP contribution is 2.56. The number of nitro groups is 1. The third kappa shape index (κ3) is 2.94. The number of anilines is 1. The summed E-state index contributed by atoms with van der Waals surface area (Å²) in [5, 5.41) is 11.4. The van der Waals surface area contributed by atoms with E-state index < -0.39 is 22.0 Å². The largest absolute Gasteiger partial charge is 0.497 e. The number of ether oxygens (including phenoxy) is 3. The Morgan fingerprint density at radius 3 is 2.59 bits per heavy atom. The van der Waals surface area contributed by atoms with Crippen LogP contribution in [-0.4, -0.2) is 30.8 Å². The minimum absolute atomic E-state index is 0.0244. The van der Waals surface area contributed by atoms with E-state index in [9.17, 15) is 14.9 Å². The smallest absolute Gasteiger partial charge is 0.338 e. The van der Waals surface area contributed by atoms with E-state index in [1.54, 1.807) is 13.2 Å². The van der Waals surface area contributed by atoms with Gasteiger partial charge >= 0.3 is 5.97 Å². The second-order valence-corrected chi connectivity index (χ2v) is 8.49. The molecule has 4 rings (SSSR count). The summed E-state index contributed by atoms with van der Waals surface area (Å²) in [4.78, 5) is 25.1. The van der Waals surface area contributed by atoms with Gasteiger partial charge in [-0.2, -0.15) is 0 Å². The van der Waals surface area contributed by atoms with Gasteiger partial charge in [0.05, 0.1) is 23.5 Å². The number of methoxy groups -OCH3 is 1. The van der Waals surface area contributed by atoms with Gasteiger partial charge in [0.25, 0.3) is 5.69 Å². The number of carbonyl (C=O) groups excluding carboxylic acids is 1. The second kappa shape index (κ2) is 7.12. The van der Waals surface area contributed by atoms with Gasteiger partial charge in [0.15, 0.2) is 11.5 Å². The van der Waals surface area contributed by atoms with Gasteiger partial charge in [0.2, 0.25) is 5.72 Å². The van der Waals surface area contributed by atoms with Crippen LogP contribution in [0.4, 0.5) is 11.4 Å². The molecule has 32 heavy (non-hydrogen) atoms. The number of likely N-dealkylation sites (N-methyl/N-ethyl adjacent to an activating group) is 1. The topological polar surface area (TPSA) is 91.1 Å². The lowest BCUT2D eigenvalue weighted by molar-refractivity contribution is -0.385. The molecule has 0 N–H and O–H groups in total. The van der Waals surface area contributed by atoms with Crippen LogP contribution in [0, 0.1) is 10.1 Å². The Morgan fingerprint density at radius 1 is 1.25 bits per heavy atom. The van der Waals surface area contributed by atoms with Gasteiger partial charge in [-0.1, -0.05) is 6.58 Å². The number of hydrogen-bond donors (Lipinski definition) is 0. The van der Waals surface area contributed by atoms with Gasteiger partial charge in [-0.25, -0.2) is 4.79 Å². The van der Waals surface area contributed by atoms with Crippen LogP contribution in [0.5, 0.6) is 17.2 Å². The number of esters is 1. The first-order chi connectivity index (χ1) is 15.0. The van der Waals surface area contributed by atoms with E-state index >= 15 is 0 Å². The minimum Gasteiger partial charge on any atom is -0.497 e. The molecule has 8 heteroatoms. The molecule has 0 aliphatic carbocycles. The summed E-state index contributed by atoms with van der Waals surface area (Å²) >= 11 is 0. The van der Waals surface area contributed by atoms with Gasteiger partial charge in [-0.3, -0.25) is 10.1 Å². The zero-order chi connectivity index (χ0) is 23.4. The minimum atomic E-state index is -0.963. The maximum Gasteiger partial charge on any atom is 0.338 e. The van der Waals surface area contributed by atoms with Crippen molar-refractivity contribution in [3.05, 3.63) is 69.8 Å². The van der Waals surface area contributed by atoms with Gasteiger partial charge in [-0.15, -0.1) is 0 Å². The van der Waals surface area contributed by atoms with Crippen molar-refractivity contribution < 1.29 is 23.9 Å². The maximum absolute atomic E-state index is 12.2. The molecule has 1 unspecified atom stereocenters. The molecule has 1 atom stereocenters. The van der Waals surface area contributed by atoms with Crippen LogP contribution in [0.15, 0.2) is 48.6 Å². The lowest BCUT2D eigenvalue weighted by Gasteiger charge is -2.45. The van der Waals surface area contributed by atoms with Crippen LogP contribution in [0.2, 0.25) is 0 Å². The first kappa shape index (κ1) is 21.4. The van der Waals surface area contributed by atoms with Crippen molar-refractivity contribution in [2.75, 3.05) is 19.1 Å². The van der Waals surface area contributed by atoms with Crippen molar-refractivity contribution in [2.45, 2.75) is 31.9 Å². The van der Waals surface area contributed by atoms with Gasteiger partial charge in [0, 0.05) is 29.9 Å². The fourth-order valence-electron chi connectivity index (χ4n) is 4.34. The second-order valence-electron chi connectivity index (χ2n) is 8.49. The summed E-state index contributed by atoms with van der Waals surface area (Å²) in [5.41, 5.74) is 0.897. The van der Waals surface area contributed by atoms with E-state index in [4.69, 9.17) is 14.2 Å². The number of nitrogens with zero attached hydrogens (tertiary/aromatic N) is 2. The molecule has 166 valence electrons. The molecule has 0 aromatic heterocycles. The van der Waals surface area contributed by atoms with Gasteiger partial charge in [0.1, 0.15) is 5.75 Å². The fourth-order valence-corrected chi connectivity index (χ4v) is 4.34. The Labute approximate surface area is 185 Å². The maximum atomic E-state index is 12.2.